The van der Waals surface area contributed by atoms with E-state index >= 15 is 0 Å². The zero-order valence-corrected chi connectivity index (χ0v) is 15.2. The van der Waals surface area contributed by atoms with E-state index in [9.17, 15) is 10.1 Å². The lowest BCUT2D eigenvalue weighted by molar-refractivity contribution is -0.139. The van der Waals surface area contributed by atoms with Crippen LogP contribution in [0.25, 0.3) is 0 Å². The highest BCUT2D eigenvalue weighted by Crippen LogP contribution is 2.44. The molecule has 0 radical (unpaired) electrons. The number of hydrogen-bond acceptors (Lipinski definition) is 4. The lowest BCUT2D eigenvalue weighted by Crippen LogP contribution is -2.52. The molecule has 132 valence electrons. The van der Waals surface area contributed by atoms with Crippen molar-refractivity contribution in [2.24, 2.45) is 5.41 Å². The highest BCUT2D eigenvalue weighted by Gasteiger charge is 2.45. The Balaban J connectivity index is 1.46. The number of likely N-dealkylation sites (tertiary alicyclic amines) is 1. The van der Waals surface area contributed by atoms with Gasteiger partial charge < -0.3 is 9.80 Å². The molecule has 1 saturated carbocycles. The van der Waals surface area contributed by atoms with Gasteiger partial charge in [0.2, 0.25) is 5.91 Å². The minimum Gasteiger partial charge on any atom is -0.357 e. The third kappa shape index (κ3) is 2.99. The van der Waals surface area contributed by atoms with E-state index in [1.807, 2.05) is 19.9 Å². The monoisotopic (exact) mass is 338 g/mol. The number of carbonyl (C=O) groups excluding carboxylic acids is 1. The number of aromatic nitrogens is 1. The zero-order chi connectivity index (χ0) is 17.6. The number of pyridine rings is 1. The van der Waals surface area contributed by atoms with Crippen molar-refractivity contribution in [3.63, 3.8) is 0 Å². The molecule has 3 fully saturated rings. The number of carbonyl (C=O) groups is 1. The van der Waals surface area contributed by atoms with Gasteiger partial charge in [-0.15, -0.1) is 0 Å². The Morgan fingerprint density at radius 1 is 1.24 bits per heavy atom. The normalized spacial score (nSPS) is 23.0. The van der Waals surface area contributed by atoms with Crippen molar-refractivity contribution >= 4 is 11.7 Å². The first-order valence-electron chi connectivity index (χ1n) is 9.44. The van der Waals surface area contributed by atoms with Gasteiger partial charge in [-0.2, -0.15) is 5.26 Å². The zero-order valence-electron chi connectivity index (χ0n) is 15.2. The highest BCUT2D eigenvalue weighted by molar-refractivity contribution is 5.78. The maximum atomic E-state index is 12.2. The van der Waals surface area contributed by atoms with Gasteiger partial charge in [-0.05, 0) is 63.0 Å². The first-order chi connectivity index (χ1) is 12.0. The van der Waals surface area contributed by atoms with Crippen molar-refractivity contribution in [3.8, 4) is 6.07 Å². The molecule has 0 atom stereocenters. The third-order valence-corrected chi connectivity index (χ3v) is 6.33. The number of piperidine rings is 2. The van der Waals surface area contributed by atoms with Crippen molar-refractivity contribution in [3.05, 3.63) is 22.9 Å². The molecule has 0 N–H and O–H groups in total. The molecule has 5 nitrogen and oxygen atoms in total. The van der Waals surface area contributed by atoms with Crippen LogP contribution >= 0.6 is 0 Å². The fourth-order valence-electron chi connectivity index (χ4n) is 4.52. The molecule has 2 saturated heterocycles. The van der Waals surface area contributed by atoms with Crippen LogP contribution in [0.15, 0.2) is 6.07 Å². The minimum absolute atomic E-state index is 0.309. The van der Waals surface area contributed by atoms with E-state index in [2.05, 4.69) is 20.9 Å². The van der Waals surface area contributed by atoms with Crippen LogP contribution < -0.4 is 4.90 Å². The van der Waals surface area contributed by atoms with Crippen molar-refractivity contribution in [2.75, 3.05) is 24.5 Å². The number of amides is 1. The van der Waals surface area contributed by atoms with Gasteiger partial charge in [0.05, 0.1) is 11.3 Å². The van der Waals surface area contributed by atoms with Crippen LogP contribution in [0.5, 0.6) is 0 Å². The van der Waals surface area contributed by atoms with E-state index in [0.717, 1.165) is 62.4 Å². The molecule has 0 aromatic carbocycles. The highest BCUT2D eigenvalue weighted by atomic mass is 16.2. The van der Waals surface area contributed by atoms with E-state index in [0.29, 0.717) is 22.9 Å². The number of hydrogen-bond donors (Lipinski definition) is 0. The van der Waals surface area contributed by atoms with Gasteiger partial charge >= 0.3 is 0 Å². The van der Waals surface area contributed by atoms with Crippen molar-refractivity contribution in [1.82, 2.24) is 9.88 Å². The Labute approximate surface area is 149 Å². The Morgan fingerprint density at radius 3 is 2.56 bits per heavy atom. The molecule has 1 aromatic heterocycles. The molecule has 5 heteroatoms. The smallest absolute Gasteiger partial charge is 0.222 e. The van der Waals surface area contributed by atoms with Crippen molar-refractivity contribution < 1.29 is 4.79 Å². The van der Waals surface area contributed by atoms with Gasteiger partial charge in [-0.25, -0.2) is 4.98 Å². The molecule has 2 aliphatic heterocycles. The summed E-state index contributed by atoms with van der Waals surface area (Å²) >= 11 is 0. The summed E-state index contributed by atoms with van der Waals surface area (Å²) < 4.78 is 0. The van der Waals surface area contributed by atoms with Crippen LogP contribution in [-0.4, -0.2) is 41.5 Å². The average molecular weight is 338 g/mol. The first-order valence-corrected chi connectivity index (χ1v) is 9.44. The van der Waals surface area contributed by atoms with Crippen LogP contribution in [0.2, 0.25) is 0 Å². The molecule has 25 heavy (non-hydrogen) atoms. The van der Waals surface area contributed by atoms with Gasteiger partial charge in [-0.3, -0.25) is 4.79 Å². The second-order valence-corrected chi connectivity index (χ2v) is 8.11. The summed E-state index contributed by atoms with van der Waals surface area (Å²) in [5, 5.41) is 9.23. The summed E-state index contributed by atoms with van der Waals surface area (Å²) in [4.78, 5) is 21.4. The maximum Gasteiger partial charge on any atom is 0.222 e. The number of aryl methyl sites for hydroxylation is 2. The predicted molar refractivity (Wildman–Crippen MR) is 96.3 cm³/mol. The Morgan fingerprint density at radius 2 is 1.96 bits per heavy atom. The molecule has 3 heterocycles. The molecule has 1 amide bonds. The lowest BCUT2D eigenvalue weighted by Gasteiger charge is -2.48. The molecular formula is C20H26N4O. The van der Waals surface area contributed by atoms with Crippen molar-refractivity contribution in [1.29, 1.82) is 5.26 Å². The van der Waals surface area contributed by atoms with Crippen LogP contribution in [0.4, 0.5) is 5.82 Å². The SMILES string of the molecule is Cc1cc(N2CCC3(CCC(=O)N(C4CC4)C3)CC2)nc(C)c1C#N. The largest absolute Gasteiger partial charge is 0.357 e. The number of nitriles is 1. The average Bonchev–Trinajstić information content (AvgIpc) is 3.43. The molecule has 0 unspecified atom stereocenters. The van der Waals surface area contributed by atoms with E-state index in [-0.39, 0.29) is 0 Å². The summed E-state index contributed by atoms with van der Waals surface area (Å²) in [6, 6.07) is 4.83. The topological polar surface area (TPSA) is 60.2 Å². The number of rotatable bonds is 2. The van der Waals surface area contributed by atoms with Gasteiger partial charge in [0.25, 0.3) is 0 Å². The molecule has 4 rings (SSSR count). The van der Waals surface area contributed by atoms with Gasteiger partial charge in [0, 0.05) is 32.1 Å². The van der Waals surface area contributed by atoms with Crippen LogP contribution in [0, 0.1) is 30.6 Å². The second kappa shape index (κ2) is 6.01. The third-order valence-electron chi connectivity index (χ3n) is 6.33. The molecule has 1 aliphatic carbocycles. The summed E-state index contributed by atoms with van der Waals surface area (Å²) in [6.07, 6.45) is 6.42. The molecule has 3 aliphatic rings. The Hall–Kier alpha value is -2.09. The fourth-order valence-corrected chi connectivity index (χ4v) is 4.52. The summed E-state index contributed by atoms with van der Waals surface area (Å²) in [5.41, 5.74) is 2.83. The van der Waals surface area contributed by atoms with Gasteiger partial charge in [0.15, 0.2) is 0 Å². The molecular weight excluding hydrogens is 312 g/mol. The first kappa shape index (κ1) is 16.4. The maximum absolute atomic E-state index is 12.2. The van der Waals surface area contributed by atoms with Gasteiger partial charge in [-0.1, -0.05) is 0 Å². The Kier molecular flexibility index (Phi) is 3.94. The van der Waals surface area contributed by atoms with Gasteiger partial charge in [0.1, 0.15) is 11.9 Å². The van der Waals surface area contributed by atoms with Crippen LogP contribution in [0.3, 0.4) is 0 Å². The summed E-state index contributed by atoms with van der Waals surface area (Å²) in [7, 11) is 0. The molecule has 1 spiro atoms. The Bertz CT molecular complexity index is 716. The lowest BCUT2D eigenvalue weighted by atomic mass is 9.72. The molecule has 0 bridgehead atoms. The van der Waals surface area contributed by atoms with E-state index in [1.54, 1.807) is 0 Å². The molecule has 1 aromatic rings. The fraction of sp³-hybridized carbons (Fsp3) is 0.650. The standard InChI is InChI=1S/C20H26N4O/c1-14-11-18(22-15(2)17(14)12-21)23-9-7-20(8-10-23)6-5-19(25)24(13-20)16-3-4-16/h11,16H,3-10,13H2,1-2H3. The van der Waals surface area contributed by atoms with E-state index < -0.39 is 0 Å². The van der Waals surface area contributed by atoms with Crippen LogP contribution in [0.1, 0.15) is 55.3 Å². The number of anilines is 1. The predicted octanol–water partition coefficient (Wildman–Crippen LogP) is 2.94. The van der Waals surface area contributed by atoms with E-state index in [4.69, 9.17) is 0 Å². The summed E-state index contributed by atoms with van der Waals surface area (Å²) in [6.45, 7) is 6.85. The quantitative estimate of drug-likeness (QED) is 0.832. The minimum atomic E-state index is 0.309. The number of nitrogens with zero attached hydrogens (tertiary/aromatic N) is 4. The second-order valence-electron chi connectivity index (χ2n) is 8.11. The van der Waals surface area contributed by atoms with Crippen LogP contribution in [-0.2, 0) is 4.79 Å². The van der Waals surface area contributed by atoms with Crippen molar-refractivity contribution in [2.45, 2.75) is 58.4 Å². The van der Waals surface area contributed by atoms with E-state index in [1.165, 1.54) is 12.8 Å². The summed E-state index contributed by atoms with van der Waals surface area (Å²) in [5.74, 6) is 1.37.